The fourth-order valence-corrected chi connectivity index (χ4v) is 1.35. The average Bonchev–Trinajstić information content (AvgIpc) is 2.70. The van der Waals surface area contributed by atoms with Gasteiger partial charge in [-0.25, -0.2) is 4.68 Å². The Kier molecular flexibility index (Phi) is 2.45. The summed E-state index contributed by atoms with van der Waals surface area (Å²) in [6.07, 6.45) is 1.38. The highest BCUT2D eigenvalue weighted by molar-refractivity contribution is 5.57. The van der Waals surface area contributed by atoms with Crippen molar-refractivity contribution in [2.75, 3.05) is 11.2 Å². The lowest BCUT2D eigenvalue weighted by molar-refractivity contribution is 0.891. The monoisotopic (exact) mass is 214 g/mol. The highest BCUT2D eigenvalue weighted by Crippen LogP contribution is 2.18. The molecule has 1 heterocycles. The number of anilines is 2. The molecule has 6 heteroatoms. The van der Waals surface area contributed by atoms with Crippen LogP contribution in [-0.2, 0) is 0 Å². The summed E-state index contributed by atoms with van der Waals surface area (Å²) in [5, 5.41) is 23.2. The minimum atomic E-state index is 0.255. The molecule has 0 aliphatic rings. The van der Waals surface area contributed by atoms with Crippen LogP contribution in [-0.4, -0.2) is 9.78 Å². The van der Waals surface area contributed by atoms with Gasteiger partial charge in [0.15, 0.2) is 0 Å². The van der Waals surface area contributed by atoms with Crippen LogP contribution in [0.25, 0.3) is 5.69 Å². The second kappa shape index (κ2) is 3.92. The van der Waals surface area contributed by atoms with Crippen molar-refractivity contribution in [1.29, 1.82) is 5.26 Å². The quantitative estimate of drug-likeness (QED) is 0.732. The summed E-state index contributed by atoms with van der Waals surface area (Å²) in [5.41, 5.74) is 8.84. The minimum absolute atomic E-state index is 0.255. The largest absolute Gasteiger partial charge is 0.761 e. The van der Waals surface area contributed by atoms with Crippen LogP contribution in [0.15, 0.2) is 30.5 Å². The first-order valence-corrected chi connectivity index (χ1v) is 4.48. The zero-order chi connectivity index (χ0) is 11.5. The molecule has 0 unspecified atom stereocenters. The Morgan fingerprint density at radius 2 is 2.31 bits per heavy atom. The van der Waals surface area contributed by atoms with Gasteiger partial charge in [-0.1, -0.05) is 6.07 Å². The van der Waals surface area contributed by atoms with E-state index in [2.05, 4.69) is 5.10 Å². The molecule has 0 aliphatic heterocycles. The normalized spacial score (nSPS) is 9.75. The van der Waals surface area contributed by atoms with E-state index in [0.717, 1.165) is 0 Å². The maximum atomic E-state index is 10.5. The van der Waals surface area contributed by atoms with E-state index >= 15 is 0 Å². The number of rotatable bonds is 2. The summed E-state index contributed by atoms with van der Waals surface area (Å²) < 4.78 is 1.40. The molecule has 0 fully saturated rings. The molecule has 1 aromatic carbocycles. The molecule has 0 radical (unpaired) electrons. The maximum Gasteiger partial charge on any atom is 0.145 e. The molecule has 0 atom stereocenters. The predicted molar refractivity (Wildman–Crippen MR) is 59.7 cm³/mol. The Morgan fingerprint density at radius 3 is 2.94 bits per heavy atom. The van der Waals surface area contributed by atoms with E-state index in [4.69, 9.17) is 11.0 Å². The number of nitrogen functional groups attached to an aromatic ring is 1. The van der Waals surface area contributed by atoms with Crippen molar-refractivity contribution in [3.8, 4) is 11.8 Å². The van der Waals surface area contributed by atoms with Crippen molar-refractivity contribution in [3.63, 3.8) is 0 Å². The first kappa shape index (κ1) is 10.0. The summed E-state index contributed by atoms with van der Waals surface area (Å²) in [6, 6.07) is 8.59. The molecule has 0 bridgehead atoms. The van der Waals surface area contributed by atoms with Crippen molar-refractivity contribution < 1.29 is 0 Å². The van der Waals surface area contributed by atoms with Crippen LogP contribution in [0.2, 0.25) is 0 Å². The van der Waals surface area contributed by atoms with Gasteiger partial charge in [-0.3, -0.25) is 0 Å². The third-order valence-corrected chi connectivity index (χ3v) is 2.14. The maximum absolute atomic E-state index is 10.5. The summed E-state index contributed by atoms with van der Waals surface area (Å²) >= 11 is 0. The zero-order valence-electron chi connectivity index (χ0n) is 8.21. The van der Waals surface area contributed by atoms with Gasteiger partial charge in [-0.2, -0.15) is 10.4 Å². The molecular weight excluding hydrogens is 206 g/mol. The molecule has 6 nitrogen and oxygen atoms in total. The van der Waals surface area contributed by atoms with Crippen LogP contribution in [0, 0.1) is 16.5 Å². The van der Waals surface area contributed by atoms with Gasteiger partial charge in [0.2, 0.25) is 0 Å². The van der Waals surface area contributed by atoms with E-state index in [0.29, 0.717) is 16.9 Å². The molecule has 0 spiro atoms. The van der Waals surface area contributed by atoms with Gasteiger partial charge in [-0.15, -0.1) is 0 Å². The van der Waals surface area contributed by atoms with Crippen molar-refractivity contribution in [2.24, 2.45) is 0 Å². The molecule has 2 rings (SSSR count). The average molecular weight is 214 g/mol. The van der Waals surface area contributed by atoms with Crippen LogP contribution >= 0.6 is 0 Å². The molecule has 1 aromatic heterocycles. The Labute approximate surface area is 91.5 Å². The highest BCUT2D eigenvalue weighted by Gasteiger charge is 2.07. The predicted octanol–water partition coefficient (Wildman–Crippen LogP) is 1.24. The molecule has 0 amide bonds. The Bertz CT molecular complexity index is 555. The van der Waals surface area contributed by atoms with Crippen LogP contribution < -0.4 is 11.2 Å². The summed E-state index contributed by atoms with van der Waals surface area (Å²) in [7, 11) is 0. The number of aromatic nitrogens is 2. The van der Waals surface area contributed by atoms with Crippen molar-refractivity contribution >= 4 is 11.5 Å². The second-order valence-corrected chi connectivity index (χ2v) is 3.12. The first-order valence-electron chi connectivity index (χ1n) is 4.48. The van der Waals surface area contributed by atoms with E-state index in [-0.39, 0.29) is 5.82 Å². The Morgan fingerprint density at radius 1 is 1.50 bits per heavy atom. The number of nitriles is 1. The van der Waals surface area contributed by atoms with Crippen LogP contribution in [0.4, 0.5) is 11.5 Å². The van der Waals surface area contributed by atoms with Gasteiger partial charge >= 0.3 is 0 Å². The number of hydrogen-bond acceptors (Lipinski definition) is 5. The van der Waals surface area contributed by atoms with Gasteiger partial charge in [-0.05, 0) is 18.2 Å². The molecule has 3 N–H and O–H groups in total. The zero-order valence-corrected chi connectivity index (χ0v) is 8.21. The summed E-state index contributed by atoms with van der Waals surface area (Å²) in [6.45, 7) is 0. The minimum Gasteiger partial charge on any atom is -0.761 e. The molecule has 2 aromatic rings. The number of benzene rings is 1. The van der Waals surface area contributed by atoms with Gasteiger partial charge in [0.05, 0.1) is 11.9 Å². The van der Waals surface area contributed by atoms with Crippen molar-refractivity contribution in [2.45, 2.75) is 0 Å². The number of nitrogens with two attached hydrogens (primary N) is 1. The molecule has 0 saturated heterocycles. The Balaban J connectivity index is 2.51. The van der Waals surface area contributed by atoms with Crippen molar-refractivity contribution in [3.05, 3.63) is 41.2 Å². The number of hydrogen-bond donors (Lipinski definition) is 2. The number of nitrogens with zero attached hydrogens (tertiary/aromatic N) is 3. The molecule has 0 aliphatic carbocycles. The van der Waals surface area contributed by atoms with Gasteiger partial charge in [0, 0.05) is 5.69 Å². The lowest BCUT2D eigenvalue weighted by Gasteiger charge is -2.11. The summed E-state index contributed by atoms with van der Waals surface area (Å²) in [4.78, 5) is 0. The fourth-order valence-electron chi connectivity index (χ4n) is 1.35. The first-order chi connectivity index (χ1) is 7.76. The standard InChI is InChI=1S/C10H8N5O/c11-5-7-6-13-15(10(7)12)9-3-1-2-8(4-9)14-16/h1-4,6,14H,12H2/q-1. The van der Waals surface area contributed by atoms with E-state index in [9.17, 15) is 5.21 Å². The third kappa shape index (κ3) is 1.55. The van der Waals surface area contributed by atoms with Gasteiger partial charge < -0.3 is 16.4 Å². The lowest BCUT2D eigenvalue weighted by atomic mass is 10.3. The smallest absolute Gasteiger partial charge is 0.145 e. The number of nitrogens with one attached hydrogen (secondary N) is 1. The highest BCUT2D eigenvalue weighted by atomic mass is 16.5. The SMILES string of the molecule is N#Cc1cnn(-c2cccc(N[O-])c2)c1N. The van der Waals surface area contributed by atoms with Gasteiger partial charge in [0.25, 0.3) is 0 Å². The Hall–Kier alpha value is -2.52. The molecule has 0 saturated carbocycles. The topological polar surface area (TPSA) is 103 Å². The van der Waals surface area contributed by atoms with E-state index in [1.54, 1.807) is 29.7 Å². The second-order valence-electron chi connectivity index (χ2n) is 3.12. The molecule has 80 valence electrons. The summed E-state index contributed by atoms with van der Waals surface area (Å²) in [5.74, 6) is 0.255. The molecular formula is C10H8N5O-. The van der Waals surface area contributed by atoms with E-state index in [1.165, 1.54) is 10.9 Å². The van der Waals surface area contributed by atoms with E-state index < -0.39 is 0 Å². The lowest BCUT2D eigenvalue weighted by Crippen LogP contribution is -2.02. The molecule has 16 heavy (non-hydrogen) atoms. The van der Waals surface area contributed by atoms with Crippen molar-refractivity contribution in [1.82, 2.24) is 9.78 Å². The third-order valence-electron chi connectivity index (χ3n) is 2.14. The van der Waals surface area contributed by atoms with Crippen LogP contribution in [0.1, 0.15) is 5.56 Å². The van der Waals surface area contributed by atoms with Crippen LogP contribution in [0.5, 0.6) is 0 Å². The van der Waals surface area contributed by atoms with E-state index in [1.807, 2.05) is 6.07 Å². The van der Waals surface area contributed by atoms with Gasteiger partial charge in [0.1, 0.15) is 17.5 Å². The van der Waals surface area contributed by atoms with Crippen LogP contribution in [0.3, 0.4) is 0 Å². The fraction of sp³-hybridized carbons (Fsp3) is 0.